The van der Waals surface area contributed by atoms with E-state index in [0.29, 0.717) is 38.4 Å². The molecule has 4 aromatic rings. The second-order valence-electron chi connectivity index (χ2n) is 16.1. The number of pyridine rings is 1. The van der Waals surface area contributed by atoms with Crippen molar-refractivity contribution >= 4 is 28.4 Å². The number of benzene rings is 1. The number of carbonyl (C=O) groups excluding carboxylic acids is 1. The highest BCUT2D eigenvalue weighted by Crippen LogP contribution is 2.51. The molecule has 1 aromatic carbocycles. The number of hydrogen-bond acceptors (Lipinski definition) is 10. The summed E-state index contributed by atoms with van der Waals surface area (Å²) < 4.78 is 110. The zero-order valence-corrected chi connectivity index (χ0v) is 31.2. The monoisotopic (exact) mass is 790 g/mol. The number of rotatable bonds is 6. The summed E-state index contributed by atoms with van der Waals surface area (Å²) in [6.45, 7) is 8.38. The number of ether oxygens (including phenoxy) is 1. The van der Waals surface area contributed by atoms with E-state index in [9.17, 15) is 31.1 Å². The highest BCUT2D eigenvalue weighted by molar-refractivity contribution is 5.93. The SMILES string of the molecule is Cc1c(F)c(N)cc(-c2ncc3c(N4C[C@]5(CC[C@@H]4C)CN(C(=O)n4cnc(F)n4)[C@@H]5C(C)C)nc(OC[C@@]45CCCN4C[C@H](F)C5)nc3c2F)c1C(F)(F)F. The average Bonchev–Trinajstić information content (AvgIpc) is 3.81. The van der Waals surface area contributed by atoms with Crippen LogP contribution in [0.5, 0.6) is 6.01 Å². The number of aromatic nitrogens is 6. The smallest absolute Gasteiger partial charge is 0.417 e. The van der Waals surface area contributed by atoms with Crippen LogP contribution < -0.4 is 15.4 Å². The van der Waals surface area contributed by atoms with Crippen LogP contribution in [0.25, 0.3) is 22.2 Å². The number of nitrogen functional groups attached to an aromatic ring is 1. The molecule has 8 rings (SSSR count). The number of nitrogens with two attached hydrogens (primary N) is 1. The van der Waals surface area contributed by atoms with E-state index in [1.165, 1.54) is 6.20 Å². The van der Waals surface area contributed by atoms with Crippen molar-refractivity contribution < 1.29 is 40.3 Å². The van der Waals surface area contributed by atoms with E-state index in [2.05, 4.69) is 20.1 Å². The number of alkyl halides is 4. The fourth-order valence-electron chi connectivity index (χ4n) is 9.86. The van der Waals surface area contributed by atoms with Crippen molar-refractivity contribution in [2.45, 2.75) is 89.8 Å². The lowest BCUT2D eigenvalue weighted by Crippen LogP contribution is -2.73. The van der Waals surface area contributed by atoms with Crippen LogP contribution in [0.15, 0.2) is 18.6 Å². The average molecular weight is 791 g/mol. The maximum Gasteiger partial charge on any atom is 0.417 e. The summed E-state index contributed by atoms with van der Waals surface area (Å²) in [6.07, 6.45) is -1.90. The molecule has 4 saturated heterocycles. The Labute approximate surface area is 317 Å². The van der Waals surface area contributed by atoms with Crippen molar-refractivity contribution in [2.75, 3.05) is 43.4 Å². The molecule has 300 valence electrons. The summed E-state index contributed by atoms with van der Waals surface area (Å²) in [5, 5.41) is 3.63. The van der Waals surface area contributed by atoms with Gasteiger partial charge in [0.25, 0.3) is 0 Å². The van der Waals surface area contributed by atoms with E-state index >= 15 is 4.39 Å². The molecule has 0 aliphatic carbocycles. The summed E-state index contributed by atoms with van der Waals surface area (Å²) in [4.78, 5) is 35.8. The van der Waals surface area contributed by atoms with E-state index in [1.54, 1.807) is 4.90 Å². The highest BCUT2D eigenvalue weighted by Gasteiger charge is 2.58. The highest BCUT2D eigenvalue weighted by atomic mass is 19.4. The molecule has 5 atom stereocenters. The zero-order valence-electron chi connectivity index (χ0n) is 31.2. The Balaban J connectivity index is 1.23. The fraction of sp³-hybridized carbons (Fsp3) is 0.568. The molecule has 19 heteroatoms. The molecule has 0 radical (unpaired) electrons. The second-order valence-corrected chi connectivity index (χ2v) is 16.1. The number of piperidine rings is 1. The van der Waals surface area contributed by atoms with E-state index in [0.717, 1.165) is 24.4 Å². The molecule has 0 bridgehead atoms. The molecule has 0 unspecified atom stereocenters. The predicted molar refractivity (Wildman–Crippen MR) is 190 cm³/mol. The first kappa shape index (κ1) is 38.1. The maximum absolute atomic E-state index is 16.9. The molecular weight excluding hydrogens is 749 g/mol. The minimum absolute atomic E-state index is 0.00129. The number of amides is 1. The van der Waals surface area contributed by atoms with Crippen molar-refractivity contribution in [2.24, 2.45) is 11.3 Å². The number of fused-ring (bicyclic) bond motifs is 2. The van der Waals surface area contributed by atoms with Gasteiger partial charge in [-0.1, -0.05) is 13.8 Å². The maximum atomic E-state index is 16.9. The van der Waals surface area contributed by atoms with Crippen molar-refractivity contribution in [1.82, 2.24) is 39.5 Å². The van der Waals surface area contributed by atoms with E-state index in [4.69, 9.17) is 15.5 Å². The van der Waals surface area contributed by atoms with Crippen LogP contribution in [0.4, 0.5) is 47.0 Å². The van der Waals surface area contributed by atoms with Gasteiger partial charge in [0.15, 0.2) is 5.82 Å². The van der Waals surface area contributed by atoms with Gasteiger partial charge >= 0.3 is 24.3 Å². The Morgan fingerprint density at radius 2 is 1.88 bits per heavy atom. The first-order valence-electron chi connectivity index (χ1n) is 18.6. The van der Waals surface area contributed by atoms with Crippen LogP contribution in [0.2, 0.25) is 0 Å². The quantitative estimate of drug-likeness (QED) is 0.170. The van der Waals surface area contributed by atoms with Gasteiger partial charge in [0.1, 0.15) is 42.0 Å². The number of nitrogens with zero attached hydrogens (tertiary/aromatic N) is 9. The van der Waals surface area contributed by atoms with Gasteiger partial charge in [-0.2, -0.15) is 37.2 Å². The van der Waals surface area contributed by atoms with E-state index in [-0.39, 0.29) is 66.9 Å². The number of anilines is 2. The Morgan fingerprint density at radius 1 is 1.11 bits per heavy atom. The van der Waals surface area contributed by atoms with Crippen molar-refractivity contribution in [3.63, 3.8) is 0 Å². The summed E-state index contributed by atoms with van der Waals surface area (Å²) in [6, 6.07) is -0.597. The van der Waals surface area contributed by atoms with Crippen LogP contribution in [0.1, 0.15) is 64.0 Å². The fourth-order valence-corrected chi connectivity index (χ4v) is 9.86. The van der Waals surface area contributed by atoms with Gasteiger partial charge in [-0.25, -0.2) is 18.0 Å². The van der Waals surface area contributed by atoms with Gasteiger partial charge in [0.05, 0.1) is 22.2 Å². The summed E-state index contributed by atoms with van der Waals surface area (Å²) in [5.41, 5.74) is -0.0799. The molecule has 4 aliphatic heterocycles. The Hall–Kier alpha value is -4.81. The summed E-state index contributed by atoms with van der Waals surface area (Å²) >= 11 is 0. The molecule has 7 heterocycles. The van der Waals surface area contributed by atoms with E-state index in [1.807, 2.05) is 30.6 Å². The van der Waals surface area contributed by atoms with E-state index < -0.39 is 75.1 Å². The van der Waals surface area contributed by atoms with Gasteiger partial charge in [-0.3, -0.25) is 9.88 Å². The van der Waals surface area contributed by atoms with Crippen LogP contribution in [0, 0.1) is 36.0 Å². The standard InChI is InChI=1S/C37H41F7N10O2/c1-18(2)30-35(15-53(30)34(55)54-17-47-32(41)50-54)8-6-19(3)52(14-35)31-23-12-46-28(22-10-24(45)26(39)20(4)25(22)37(42,43)44)27(40)29(23)48-33(49-31)56-16-36-7-5-9-51(36)13-21(38)11-36/h10,12,17-19,21,30H,5-9,11,13-16,45H2,1-4H3/t19-,21+,30+,35+,36-/m0/s1. The van der Waals surface area contributed by atoms with Crippen LogP contribution >= 0.6 is 0 Å². The number of likely N-dealkylation sites (tertiary alicyclic amines) is 1. The van der Waals surface area contributed by atoms with Gasteiger partial charge < -0.3 is 20.3 Å². The summed E-state index contributed by atoms with van der Waals surface area (Å²) in [5.74, 6) is -2.34. The molecule has 4 fully saturated rings. The number of halogens is 7. The first-order valence-corrected chi connectivity index (χ1v) is 18.6. The minimum Gasteiger partial charge on any atom is -0.461 e. The molecule has 4 aliphatic rings. The summed E-state index contributed by atoms with van der Waals surface area (Å²) in [7, 11) is 0. The molecule has 2 N–H and O–H groups in total. The minimum atomic E-state index is -5.09. The molecule has 0 saturated carbocycles. The Kier molecular flexibility index (Phi) is 9.11. The number of carbonyl (C=O) groups is 1. The normalized spacial score (nSPS) is 26.8. The van der Waals surface area contributed by atoms with Crippen molar-refractivity contribution in [3.05, 3.63) is 47.4 Å². The third-order valence-corrected chi connectivity index (χ3v) is 12.3. The van der Waals surface area contributed by atoms with Crippen LogP contribution in [-0.2, 0) is 6.18 Å². The third kappa shape index (κ3) is 6.07. The first-order chi connectivity index (χ1) is 26.4. The zero-order chi connectivity index (χ0) is 40.1. The van der Waals surface area contributed by atoms with Gasteiger partial charge in [0, 0.05) is 55.3 Å². The van der Waals surface area contributed by atoms with Gasteiger partial charge in [0.2, 0.25) is 0 Å². The van der Waals surface area contributed by atoms with Gasteiger partial charge in [-0.05, 0) is 63.6 Å². The third-order valence-electron chi connectivity index (χ3n) is 12.3. The second kappa shape index (κ2) is 13.4. The lowest BCUT2D eigenvalue weighted by atomic mass is 9.62. The molecule has 1 spiro atoms. The predicted octanol–water partition coefficient (Wildman–Crippen LogP) is 6.55. The van der Waals surface area contributed by atoms with Crippen molar-refractivity contribution in [1.29, 1.82) is 0 Å². The molecule has 12 nitrogen and oxygen atoms in total. The lowest BCUT2D eigenvalue weighted by molar-refractivity contribution is -0.137. The van der Waals surface area contributed by atoms with Crippen molar-refractivity contribution in [3.8, 4) is 17.3 Å². The van der Waals surface area contributed by atoms with Crippen LogP contribution in [0.3, 0.4) is 0 Å². The molecular formula is C37H41F7N10O2. The molecule has 3 aromatic heterocycles. The largest absolute Gasteiger partial charge is 0.461 e. The van der Waals surface area contributed by atoms with Crippen LogP contribution in [-0.4, -0.2) is 102 Å². The number of hydrogen-bond donors (Lipinski definition) is 1. The topological polar surface area (TPSA) is 131 Å². The Bertz CT molecular complexity index is 2220. The Morgan fingerprint density at radius 3 is 2.57 bits per heavy atom. The molecule has 56 heavy (non-hydrogen) atoms. The molecule has 1 amide bonds. The lowest BCUT2D eigenvalue weighted by Gasteiger charge is -2.63. The van der Waals surface area contributed by atoms with Gasteiger partial charge in [-0.15, -0.1) is 5.10 Å².